The lowest BCUT2D eigenvalue weighted by molar-refractivity contribution is 0.0784. The van der Waals surface area contributed by atoms with Crippen LogP contribution in [0.4, 0.5) is 5.69 Å². The maximum atomic E-state index is 12.3. The lowest BCUT2D eigenvalue weighted by atomic mass is 10.2. The number of nitrogens with zero attached hydrogens (tertiary/aromatic N) is 3. The summed E-state index contributed by atoms with van der Waals surface area (Å²) in [5, 5.41) is 0.240. The van der Waals surface area contributed by atoms with E-state index in [2.05, 4.69) is 9.97 Å². The third-order valence-electron chi connectivity index (χ3n) is 2.82. The number of hydrogen-bond acceptors (Lipinski definition) is 4. The monoisotopic (exact) mass is 290 g/mol. The van der Waals surface area contributed by atoms with Crippen LogP contribution in [-0.2, 0) is 6.54 Å². The van der Waals surface area contributed by atoms with Crippen molar-refractivity contribution in [3.8, 4) is 0 Å². The molecule has 104 valence electrons. The van der Waals surface area contributed by atoms with Gasteiger partial charge in [0.25, 0.3) is 5.91 Å². The van der Waals surface area contributed by atoms with Crippen LogP contribution in [0.3, 0.4) is 0 Å². The molecule has 1 amide bonds. The van der Waals surface area contributed by atoms with Gasteiger partial charge in [0, 0.05) is 12.7 Å². The number of rotatable bonds is 3. The highest BCUT2D eigenvalue weighted by molar-refractivity contribution is 6.29. The molecule has 0 aliphatic rings. The Kier molecular flexibility index (Phi) is 4.20. The van der Waals surface area contributed by atoms with Gasteiger partial charge in [-0.15, -0.1) is 0 Å². The van der Waals surface area contributed by atoms with Gasteiger partial charge in [-0.25, -0.2) is 4.98 Å². The Morgan fingerprint density at radius 1 is 1.45 bits per heavy atom. The number of nitrogens with two attached hydrogens (primary N) is 1. The molecule has 0 radical (unpaired) electrons. The predicted molar refractivity (Wildman–Crippen MR) is 78.4 cm³/mol. The summed E-state index contributed by atoms with van der Waals surface area (Å²) in [6.07, 6.45) is 1.38. The first kappa shape index (κ1) is 14.3. The number of nitrogen functional groups attached to an aromatic ring is 1. The molecule has 0 bridgehead atoms. The Morgan fingerprint density at radius 2 is 2.20 bits per heavy atom. The summed E-state index contributed by atoms with van der Waals surface area (Å²) in [6, 6.07) is 7.17. The maximum absolute atomic E-state index is 12.3. The number of carbonyl (C=O) groups is 1. The zero-order valence-electron chi connectivity index (χ0n) is 11.3. The molecule has 0 saturated heterocycles. The molecular formula is C14H15ClN4O. The first-order valence-electron chi connectivity index (χ1n) is 6.06. The van der Waals surface area contributed by atoms with Crippen molar-refractivity contribution in [2.75, 3.05) is 12.8 Å². The molecule has 2 rings (SSSR count). The third kappa shape index (κ3) is 3.24. The predicted octanol–water partition coefficient (Wildman–Crippen LogP) is 2.29. The van der Waals surface area contributed by atoms with E-state index in [9.17, 15) is 4.79 Å². The van der Waals surface area contributed by atoms with Crippen LogP contribution in [0, 0.1) is 6.92 Å². The second-order valence-electron chi connectivity index (χ2n) is 4.53. The Morgan fingerprint density at radius 3 is 2.90 bits per heavy atom. The number of anilines is 1. The van der Waals surface area contributed by atoms with Gasteiger partial charge in [-0.2, -0.15) is 0 Å². The number of hydrogen-bond donors (Lipinski definition) is 1. The highest BCUT2D eigenvalue weighted by Gasteiger charge is 2.16. The van der Waals surface area contributed by atoms with Crippen LogP contribution in [-0.4, -0.2) is 27.8 Å². The minimum atomic E-state index is -0.213. The molecule has 0 spiro atoms. The summed E-state index contributed by atoms with van der Waals surface area (Å²) in [4.78, 5) is 22.1. The molecule has 2 N–H and O–H groups in total. The SMILES string of the molecule is Cc1cccc(CN(C)C(=O)c2cc(Cl)ncc2N)n1. The second-order valence-corrected chi connectivity index (χ2v) is 4.91. The van der Waals surface area contributed by atoms with Crippen molar-refractivity contribution in [2.45, 2.75) is 13.5 Å². The van der Waals surface area contributed by atoms with Crippen molar-refractivity contribution in [3.63, 3.8) is 0 Å². The lowest BCUT2D eigenvalue weighted by Crippen LogP contribution is -2.27. The van der Waals surface area contributed by atoms with E-state index in [1.165, 1.54) is 12.3 Å². The van der Waals surface area contributed by atoms with Gasteiger partial charge in [0.2, 0.25) is 0 Å². The normalized spacial score (nSPS) is 10.3. The van der Waals surface area contributed by atoms with Crippen molar-refractivity contribution >= 4 is 23.2 Å². The maximum Gasteiger partial charge on any atom is 0.256 e. The Labute approximate surface area is 122 Å². The van der Waals surface area contributed by atoms with Gasteiger partial charge in [-0.3, -0.25) is 9.78 Å². The average molecular weight is 291 g/mol. The summed E-state index contributed by atoms with van der Waals surface area (Å²) in [6.45, 7) is 2.31. The van der Waals surface area contributed by atoms with E-state index >= 15 is 0 Å². The zero-order chi connectivity index (χ0) is 14.7. The van der Waals surface area contributed by atoms with Crippen LogP contribution in [0.15, 0.2) is 30.5 Å². The molecule has 6 heteroatoms. The highest BCUT2D eigenvalue weighted by atomic mass is 35.5. The number of halogens is 1. The molecule has 2 heterocycles. The Hall–Kier alpha value is -2.14. The molecule has 2 aromatic rings. The van der Waals surface area contributed by atoms with E-state index in [0.29, 0.717) is 17.8 Å². The molecule has 0 fully saturated rings. The van der Waals surface area contributed by atoms with Crippen molar-refractivity contribution in [1.29, 1.82) is 0 Å². The summed E-state index contributed by atoms with van der Waals surface area (Å²) >= 11 is 5.80. The summed E-state index contributed by atoms with van der Waals surface area (Å²) in [5.74, 6) is -0.213. The van der Waals surface area contributed by atoms with Gasteiger partial charge in [-0.1, -0.05) is 17.7 Å². The van der Waals surface area contributed by atoms with E-state index < -0.39 is 0 Å². The van der Waals surface area contributed by atoms with E-state index in [1.807, 2.05) is 25.1 Å². The highest BCUT2D eigenvalue weighted by Crippen LogP contribution is 2.17. The van der Waals surface area contributed by atoms with Gasteiger partial charge < -0.3 is 10.6 Å². The smallest absolute Gasteiger partial charge is 0.256 e. The average Bonchev–Trinajstić information content (AvgIpc) is 2.40. The number of aromatic nitrogens is 2. The fourth-order valence-electron chi connectivity index (χ4n) is 1.83. The van der Waals surface area contributed by atoms with Crippen LogP contribution < -0.4 is 5.73 Å². The van der Waals surface area contributed by atoms with Crippen LogP contribution in [0.1, 0.15) is 21.7 Å². The minimum absolute atomic E-state index is 0.213. The van der Waals surface area contributed by atoms with Gasteiger partial charge in [0.1, 0.15) is 5.15 Å². The molecule has 5 nitrogen and oxygen atoms in total. The first-order valence-corrected chi connectivity index (χ1v) is 6.44. The van der Waals surface area contributed by atoms with Gasteiger partial charge in [0.05, 0.1) is 29.7 Å². The number of carbonyl (C=O) groups excluding carboxylic acids is 1. The van der Waals surface area contributed by atoms with Crippen LogP contribution >= 0.6 is 11.6 Å². The first-order chi connectivity index (χ1) is 9.47. The quantitative estimate of drug-likeness (QED) is 0.880. The number of pyridine rings is 2. The number of amides is 1. The van der Waals surface area contributed by atoms with Crippen molar-refractivity contribution < 1.29 is 4.79 Å². The minimum Gasteiger partial charge on any atom is -0.397 e. The van der Waals surface area contributed by atoms with E-state index in [-0.39, 0.29) is 11.1 Å². The van der Waals surface area contributed by atoms with E-state index in [4.69, 9.17) is 17.3 Å². The lowest BCUT2D eigenvalue weighted by Gasteiger charge is -2.18. The van der Waals surface area contributed by atoms with Crippen molar-refractivity contribution in [2.24, 2.45) is 0 Å². The third-order valence-corrected chi connectivity index (χ3v) is 3.03. The van der Waals surface area contributed by atoms with Gasteiger partial charge >= 0.3 is 0 Å². The molecule has 0 unspecified atom stereocenters. The summed E-state index contributed by atoms with van der Waals surface area (Å²) < 4.78 is 0. The van der Waals surface area contributed by atoms with E-state index in [1.54, 1.807) is 11.9 Å². The Bertz CT molecular complexity index is 645. The molecular weight excluding hydrogens is 276 g/mol. The fraction of sp³-hybridized carbons (Fsp3) is 0.214. The fourth-order valence-corrected chi connectivity index (χ4v) is 1.99. The van der Waals surface area contributed by atoms with Gasteiger partial charge in [-0.05, 0) is 25.1 Å². The molecule has 0 aromatic carbocycles. The zero-order valence-corrected chi connectivity index (χ0v) is 12.1. The molecule has 0 aliphatic heterocycles. The summed E-state index contributed by atoms with van der Waals surface area (Å²) in [5.41, 5.74) is 8.15. The second kappa shape index (κ2) is 5.88. The molecule has 20 heavy (non-hydrogen) atoms. The van der Waals surface area contributed by atoms with Crippen LogP contribution in [0.25, 0.3) is 0 Å². The Balaban J connectivity index is 2.18. The van der Waals surface area contributed by atoms with Crippen molar-refractivity contribution in [1.82, 2.24) is 14.9 Å². The van der Waals surface area contributed by atoms with E-state index in [0.717, 1.165) is 11.4 Å². The largest absolute Gasteiger partial charge is 0.397 e. The molecule has 2 aromatic heterocycles. The van der Waals surface area contributed by atoms with Crippen LogP contribution in [0.5, 0.6) is 0 Å². The topological polar surface area (TPSA) is 72.1 Å². The number of aryl methyl sites for hydroxylation is 1. The molecule has 0 atom stereocenters. The standard InChI is InChI=1S/C14H15ClN4O/c1-9-4-3-5-10(18-9)8-19(2)14(20)11-6-13(15)17-7-12(11)16/h3-7H,8,16H2,1-2H3. The van der Waals surface area contributed by atoms with Crippen LogP contribution in [0.2, 0.25) is 5.15 Å². The summed E-state index contributed by atoms with van der Waals surface area (Å²) in [7, 11) is 1.69. The van der Waals surface area contributed by atoms with Gasteiger partial charge in [0.15, 0.2) is 0 Å². The van der Waals surface area contributed by atoms with Crippen molar-refractivity contribution in [3.05, 3.63) is 52.6 Å². The molecule has 0 aliphatic carbocycles. The molecule has 0 saturated carbocycles.